The van der Waals surface area contributed by atoms with E-state index in [0.717, 1.165) is 34.1 Å². The van der Waals surface area contributed by atoms with Gasteiger partial charge in [-0.05, 0) is 80.6 Å². The fourth-order valence-corrected chi connectivity index (χ4v) is 5.65. The van der Waals surface area contributed by atoms with Gasteiger partial charge in [-0.25, -0.2) is 9.97 Å². The Morgan fingerprint density at radius 3 is 1.25 bits per heavy atom. The van der Waals surface area contributed by atoms with E-state index in [0.29, 0.717) is 17.2 Å². The van der Waals surface area contributed by atoms with E-state index >= 15 is 0 Å². The highest BCUT2D eigenvalue weighted by molar-refractivity contribution is 5.72. The first kappa shape index (κ1) is 37.4. The normalized spacial score (nSPS) is 11.2. The summed E-state index contributed by atoms with van der Waals surface area (Å²) in [5.74, 6) is 3.32. The van der Waals surface area contributed by atoms with Crippen molar-refractivity contribution in [1.29, 1.82) is 0 Å². The molecule has 52 heavy (non-hydrogen) atoms. The molecule has 0 saturated heterocycles. The molecule has 2 aromatic heterocycles. The van der Waals surface area contributed by atoms with Crippen LogP contribution in [0.3, 0.4) is 0 Å². The lowest BCUT2D eigenvalue weighted by molar-refractivity contribution is 0.324. The summed E-state index contributed by atoms with van der Waals surface area (Å²) in [6, 6.07) is 39.4. The molecule has 0 amide bonds. The van der Waals surface area contributed by atoms with Crippen molar-refractivity contribution in [3.8, 4) is 39.5 Å². The molecule has 0 radical (unpaired) electrons. The molecule has 0 fully saturated rings. The number of rotatable bonds is 9. The molecule has 0 bridgehead atoms. The molecule has 6 rings (SSSR count). The predicted octanol–water partition coefficient (Wildman–Crippen LogP) is 11.6. The van der Waals surface area contributed by atoms with Crippen LogP contribution in [0.4, 0.5) is 23.0 Å². The van der Waals surface area contributed by atoms with Gasteiger partial charge in [-0.15, -0.1) is 0 Å². The summed E-state index contributed by atoms with van der Waals surface area (Å²) in [6.07, 6.45) is 3.64. The van der Waals surface area contributed by atoms with Crippen LogP contribution in [0.2, 0.25) is 0 Å². The van der Waals surface area contributed by atoms with E-state index in [-0.39, 0.29) is 10.8 Å². The van der Waals surface area contributed by atoms with Crippen molar-refractivity contribution >= 4 is 23.0 Å². The highest BCUT2D eigenvalue weighted by Crippen LogP contribution is 2.40. The summed E-state index contributed by atoms with van der Waals surface area (Å²) in [4.78, 5) is 8.85. The Kier molecular flexibility index (Phi) is 11.9. The van der Waals surface area contributed by atoms with Crippen LogP contribution in [0.15, 0.2) is 128 Å². The second kappa shape index (κ2) is 16.5. The maximum absolute atomic E-state index is 5.42. The molecule has 4 aromatic carbocycles. The number of anilines is 4. The molecule has 0 saturated carbocycles. The van der Waals surface area contributed by atoms with Gasteiger partial charge in [0.05, 0.1) is 21.3 Å². The van der Waals surface area contributed by atoms with E-state index in [1.165, 1.54) is 22.3 Å². The summed E-state index contributed by atoms with van der Waals surface area (Å²) < 4.78 is 16.2. The zero-order valence-electron chi connectivity index (χ0n) is 31.7. The summed E-state index contributed by atoms with van der Waals surface area (Å²) in [5.41, 5.74) is 9.42. The first-order valence-corrected chi connectivity index (χ1v) is 17.4. The number of hydrogen-bond acceptors (Lipinski definition) is 7. The molecule has 268 valence electrons. The van der Waals surface area contributed by atoms with Crippen molar-refractivity contribution in [2.75, 3.05) is 32.0 Å². The standard InChI is InChI=1S/C24H28N2O3.C21H22N2/c1-24(2,3)18-9-7-16(8-10-18)17-11-12-25-22(13-17)26-19-14-20(27-4)23(29-6)21(15-19)28-5;1-21(2,3)18-11-9-16(10-12-18)17-13-14-22-20(15-17)23-19-7-5-4-6-8-19/h7-15H,1-6H3,(H,25,26);4-15H,1-3H3,(H,22,23). The number of nitrogens with zero attached hydrogens (tertiary/aromatic N) is 2. The molecule has 7 nitrogen and oxygen atoms in total. The van der Waals surface area contributed by atoms with Crippen LogP contribution < -0.4 is 24.8 Å². The van der Waals surface area contributed by atoms with Gasteiger partial charge in [0.15, 0.2) is 11.5 Å². The van der Waals surface area contributed by atoms with Gasteiger partial charge < -0.3 is 24.8 Å². The minimum atomic E-state index is 0.135. The quantitative estimate of drug-likeness (QED) is 0.156. The lowest BCUT2D eigenvalue weighted by Gasteiger charge is -2.19. The second-order valence-electron chi connectivity index (χ2n) is 14.5. The van der Waals surface area contributed by atoms with Crippen LogP contribution in [0.25, 0.3) is 22.3 Å². The summed E-state index contributed by atoms with van der Waals surface area (Å²) in [5, 5.41) is 6.66. The summed E-state index contributed by atoms with van der Waals surface area (Å²) in [7, 11) is 4.78. The maximum Gasteiger partial charge on any atom is 0.203 e. The van der Waals surface area contributed by atoms with Gasteiger partial charge in [0.2, 0.25) is 5.75 Å². The fraction of sp³-hybridized carbons (Fsp3) is 0.244. The maximum atomic E-state index is 5.42. The minimum absolute atomic E-state index is 0.135. The second-order valence-corrected chi connectivity index (χ2v) is 14.5. The van der Waals surface area contributed by atoms with Gasteiger partial charge >= 0.3 is 0 Å². The van der Waals surface area contributed by atoms with Crippen molar-refractivity contribution in [2.24, 2.45) is 0 Å². The number of methoxy groups -OCH3 is 3. The number of pyridine rings is 2. The fourth-order valence-electron chi connectivity index (χ4n) is 5.65. The average Bonchev–Trinajstić information content (AvgIpc) is 3.14. The van der Waals surface area contributed by atoms with Crippen molar-refractivity contribution in [3.63, 3.8) is 0 Å². The van der Waals surface area contributed by atoms with E-state index in [1.54, 1.807) is 27.5 Å². The highest BCUT2D eigenvalue weighted by Gasteiger charge is 2.16. The molecule has 7 heteroatoms. The highest BCUT2D eigenvalue weighted by atomic mass is 16.5. The van der Waals surface area contributed by atoms with Gasteiger partial charge in [-0.1, -0.05) is 108 Å². The number of benzene rings is 4. The number of aromatic nitrogens is 2. The van der Waals surface area contributed by atoms with Crippen LogP contribution in [-0.4, -0.2) is 31.3 Å². The zero-order valence-corrected chi connectivity index (χ0v) is 31.7. The minimum Gasteiger partial charge on any atom is -0.493 e. The van der Waals surface area contributed by atoms with Crippen molar-refractivity contribution in [2.45, 2.75) is 52.4 Å². The molecule has 2 heterocycles. The van der Waals surface area contributed by atoms with Crippen LogP contribution in [0.5, 0.6) is 17.2 Å². The molecule has 6 aromatic rings. The largest absolute Gasteiger partial charge is 0.493 e. The van der Waals surface area contributed by atoms with Gasteiger partial charge in [0.25, 0.3) is 0 Å². The molecule has 0 unspecified atom stereocenters. The van der Waals surface area contributed by atoms with E-state index < -0.39 is 0 Å². The molecular weight excluding hydrogens is 645 g/mol. The van der Waals surface area contributed by atoms with E-state index in [1.807, 2.05) is 66.9 Å². The number of nitrogens with one attached hydrogen (secondary N) is 2. The van der Waals surface area contributed by atoms with Gasteiger partial charge in [0, 0.05) is 35.9 Å². The van der Waals surface area contributed by atoms with Crippen molar-refractivity contribution < 1.29 is 14.2 Å². The molecule has 0 aliphatic rings. The Hall–Kier alpha value is -5.82. The first-order valence-electron chi connectivity index (χ1n) is 17.4. The van der Waals surface area contributed by atoms with Crippen LogP contribution in [0.1, 0.15) is 52.7 Å². The van der Waals surface area contributed by atoms with Crippen molar-refractivity contribution in [3.05, 3.63) is 139 Å². The molecule has 2 N–H and O–H groups in total. The Labute approximate surface area is 309 Å². The Morgan fingerprint density at radius 2 is 0.865 bits per heavy atom. The lowest BCUT2D eigenvalue weighted by atomic mass is 9.86. The van der Waals surface area contributed by atoms with E-state index in [4.69, 9.17) is 14.2 Å². The first-order chi connectivity index (χ1) is 24.9. The van der Waals surface area contributed by atoms with Crippen molar-refractivity contribution in [1.82, 2.24) is 9.97 Å². The molecule has 0 atom stereocenters. The zero-order chi connectivity index (χ0) is 37.3. The predicted molar refractivity (Wildman–Crippen MR) is 216 cm³/mol. The van der Waals surface area contributed by atoms with E-state index in [2.05, 4.69) is 117 Å². The summed E-state index contributed by atoms with van der Waals surface area (Å²) in [6.45, 7) is 13.3. The monoisotopic (exact) mass is 694 g/mol. The van der Waals surface area contributed by atoms with Gasteiger partial charge in [-0.2, -0.15) is 0 Å². The molecular formula is C45H50N4O3. The number of ether oxygens (including phenoxy) is 3. The van der Waals surface area contributed by atoms with Crippen LogP contribution >= 0.6 is 0 Å². The average molecular weight is 695 g/mol. The smallest absolute Gasteiger partial charge is 0.203 e. The van der Waals surface area contributed by atoms with Gasteiger partial charge in [0.1, 0.15) is 11.6 Å². The molecule has 0 aliphatic heterocycles. The lowest BCUT2D eigenvalue weighted by Crippen LogP contribution is -2.10. The molecule has 0 aliphatic carbocycles. The topological polar surface area (TPSA) is 77.5 Å². The molecule has 0 spiro atoms. The third-order valence-electron chi connectivity index (χ3n) is 8.67. The SMILES string of the molecule is CC(C)(C)c1ccc(-c2ccnc(Nc3ccccc3)c2)cc1.COc1cc(Nc2cc(-c3ccc(C(C)(C)C)cc3)ccn2)cc(OC)c1OC. The Balaban J connectivity index is 0.000000206. The van der Waals surface area contributed by atoms with Gasteiger partial charge in [-0.3, -0.25) is 0 Å². The Morgan fingerprint density at radius 1 is 0.442 bits per heavy atom. The third-order valence-corrected chi connectivity index (χ3v) is 8.67. The van der Waals surface area contributed by atoms with Crippen LogP contribution in [-0.2, 0) is 10.8 Å². The number of para-hydroxylation sites is 1. The third kappa shape index (κ3) is 9.69. The van der Waals surface area contributed by atoms with E-state index in [9.17, 15) is 0 Å². The Bertz CT molecular complexity index is 2020. The summed E-state index contributed by atoms with van der Waals surface area (Å²) >= 11 is 0. The van der Waals surface area contributed by atoms with Crippen LogP contribution in [0, 0.1) is 0 Å². The number of hydrogen-bond donors (Lipinski definition) is 2.